The van der Waals surface area contributed by atoms with Gasteiger partial charge in [-0.15, -0.1) is 23.5 Å². The van der Waals surface area contributed by atoms with E-state index in [1.54, 1.807) is 0 Å². The minimum absolute atomic E-state index is 1.13. The summed E-state index contributed by atoms with van der Waals surface area (Å²) in [5.74, 6) is 2.25. The Morgan fingerprint density at radius 2 is 0.913 bits per heavy atom. The normalized spacial score (nSPS) is 11.0. The predicted molar refractivity (Wildman–Crippen MR) is 109 cm³/mol. The standard InChI is InChI=1S/C20H26S3/c1-7-21-17-9-13(3)19(14(4)10-17)23-20-15(5)11-18(22-8-2)12-16(20)6/h9-12H,7-8H2,1-6H3. The topological polar surface area (TPSA) is 0 Å². The van der Waals surface area contributed by atoms with Crippen molar-refractivity contribution in [3.8, 4) is 0 Å². The average Bonchev–Trinajstić information content (AvgIpc) is 2.45. The van der Waals surface area contributed by atoms with Crippen LogP contribution in [-0.4, -0.2) is 11.5 Å². The summed E-state index contributed by atoms with van der Waals surface area (Å²) in [7, 11) is 0. The van der Waals surface area contributed by atoms with Crippen molar-refractivity contribution in [1.82, 2.24) is 0 Å². The molecule has 3 heteroatoms. The zero-order valence-corrected chi connectivity index (χ0v) is 17.4. The van der Waals surface area contributed by atoms with E-state index in [0.717, 1.165) is 11.5 Å². The van der Waals surface area contributed by atoms with Gasteiger partial charge in [0.15, 0.2) is 0 Å². The molecule has 0 aliphatic heterocycles. The van der Waals surface area contributed by atoms with Gasteiger partial charge in [-0.2, -0.15) is 0 Å². The fourth-order valence-corrected chi connectivity index (χ4v) is 5.54. The molecule has 0 aliphatic rings. The Morgan fingerprint density at radius 1 is 0.609 bits per heavy atom. The van der Waals surface area contributed by atoms with Crippen LogP contribution in [0.2, 0.25) is 0 Å². The highest BCUT2D eigenvalue weighted by Gasteiger charge is 2.12. The predicted octanol–water partition coefficient (Wildman–Crippen LogP) is 7.30. The molecule has 124 valence electrons. The van der Waals surface area contributed by atoms with Crippen molar-refractivity contribution in [2.45, 2.75) is 61.1 Å². The molecule has 0 heterocycles. The molecular formula is C20H26S3. The third-order valence-electron chi connectivity index (χ3n) is 3.69. The van der Waals surface area contributed by atoms with Crippen LogP contribution < -0.4 is 0 Å². The molecule has 0 aromatic heterocycles. The fraction of sp³-hybridized carbons (Fsp3) is 0.400. The summed E-state index contributed by atoms with van der Waals surface area (Å²) in [5, 5.41) is 0. The van der Waals surface area contributed by atoms with Crippen LogP contribution in [0.25, 0.3) is 0 Å². The largest absolute Gasteiger partial charge is 0.126 e. The molecule has 23 heavy (non-hydrogen) atoms. The molecule has 0 N–H and O–H groups in total. The lowest BCUT2D eigenvalue weighted by Crippen LogP contribution is -1.92. The second kappa shape index (κ2) is 8.55. The van der Waals surface area contributed by atoms with Gasteiger partial charge in [0, 0.05) is 19.6 Å². The molecule has 0 aliphatic carbocycles. The summed E-state index contributed by atoms with van der Waals surface area (Å²) in [6.07, 6.45) is 0. The van der Waals surface area contributed by atoms with E-state index in [4.69, 9.17) is 0 Å². The molecule has 0 atom stereocenters. The fourth-order valence-electron chi connectivity index (χ4n) is 2.75. The lowest BCUT2D eigenvalue weighted by Gasteiger charge is -2.16. The van der Waals surface area contributed by atoms with Gasteiger partial charge in [-0.1, -0.05) is 25.6 Å². The van der Waals surface area contributed by atoms with Crippen LogP contribution in [0.3, 0.4) is 0 Å². The number of hydrogen-bond donors (Lipinski definition) is 0. The molecule has 0 bridgehead atoms. The first kappa shape index (κ1) is 18.8. The minimum atomic E-state index is 1.13. The summed E-state index contributed by atoms with van der Waals surface area (Å²) in [5.41, 5.74) is 5.54. The molecule has 0 unspecified atom stereocenters. The molecule has 2 rings (SSSR count). The Hall–Kier alpha value is -0.510. The van der Waals surface area contributed by atoms with Crippen LogP contribution in [0.5, 0.6) is 0 Å². The lowest BCUT2D eigenvalue weighted by molar-refractivity contribution is 1.13. The highest BCUT2D eigenvalue weighted by molar-refractivity contribution is 8.00. The minimum Gasteiger partial charge on any atom is -0.126 e. The van der Waals surface area contributed by atoms with Gasteiger partial charge in [0.25, 0.3) is 0 Å². The Morgan fingerprint density at radius 3 is 1.17 bits per heavy atom. The molecule has 0 nitrogen and oxygen atoms in total. The summed E-state index contributed by atoms with van der Waals surface area (Å²) in [6.45, 7) is 13.4. The third kappa shape index (κ3) is 4.74. The van der Waals surface area contributed by atoms with Crippen LogP contribution in [0.4, 0.5) is 0 Å². The Bertz CT molecular complexity index is 584. The van der Waals surface area contributed by atoms with Crippen LogP contribution in [0.1, 0.15) is 36.1 Å². The molecule has 0 amide bonds. The highest BCUT2D eigenvalue weighted by atomic mass is 32.2. The first-order valence-electron chi connectivity index (χ1n) is 8.12. The summed E-state index contributed by atoms with van der Waals surface area (Å²) in [4.78, 5) is 5.59. The van der Waals surface area contributed by atoms with Gasteiger partial charge in [0.2, 0.25) is 0 Å². The van der Waals surface area contributed by atoms with Crippen molar-refractivity contribution in [3.63, 3.8) is 0 Å². The van der Waals surface area contributed by atoms with Crippen LogP contribution in [-0.2, 0) is 0 Å². The number of rotatable bonds is 6. The highest BCUT2D eigenvalue weighted by Crippen LogP contribution is 2.39. The van der Waals surface area contributed by atoms with Crippen molar-refractivity contribution in [2.24, 2.45) is 0 Å². The van der Waals surface area contributed by atoms with Crippen LogP contribution in [0.15, 0.2) is 43.8 Å². The average molecular weight is 363 g/mol. The Balaban J connectivity index is 2.36. The van der Waals surface area contributed by atoms with Crippen molar-refractivity contribution in [1.29, 1.82) is 0 Å². The summed E-state index contributed by atoms with van der Waals surface area (Å²) >= 11 is 5.77. The molecular weight excluding hydrogens is 336 g/mol. The molecule has 0 radical (unpaired) electrons. The van der Waals surface area contributed by atoms with Gasteiger partial charge in [0.1, 0.15) is 0 Å². The van der Waals surface area contributed by atoms with Crippen molar-refractivity contribution in [3.05, 3.63) is 46.5 Å². The second-order valence-corrected chi connectivity index (χ2v) is 9.44. The molecule has 0 fully saturated rings. The first-order valence-corrected chi connectivity index (χ1v) is 10.9. The van der Waals surface area contributed by atoms with Gasteiger partial charge in [-0.3, -0.25) is 0 Å². The number of thioether (sulfide) groups is 2. The van der Waals surface area contributed by atoms with E-state index in [-0.39, 0.29) is 0 Å². The quantitative estimate of drug-likeness (QED) is 0.495. The number of hydrogen-bond acceptors (Lipinski definition) is 3. The maximum Gasteiger partial charge on any atom is 0.0181 e. The van der Waals surface area contributed by atoms with E-state index in [0.29, 0.717) is 0 Å². The van der Waals surface area contributed by atoms with E-state index in [1.165, 1.54) is 41.8 Å². The second-order valence-electron chi connectivity index (χ2n) is 5.74. The van der Waals surface area contributed by atoms with Gasteiger partial charge in [0.05, 0.1) is 0 Å². The Kier molecular flexibility index (Phi) is 7.00. The molecule has 2 aromatic carbocycles. The zero-order chi connectivity index (χ0) is 17.0. The maximum atomic E-state index is 2.33. The van der Waals surface area contributed by atoms with E-state index >= 15 is 0 Å². The van der Waals surface area contributed by atoms with Crippen LogP contribution >= 0.6 is 35.3 Å². The number of aryl methyl sites for hydroxylation is 4. The molecule has 2 aromatic rings. The van der Waals surface area contributed by atoms with Crippen LogP contribution in [0, 0.1) is 27.7 Å². The van der Waals surface area contributed by atoms with Crippen molar-refractivity contribution >= 4 is 35.3 Å². The zero-order valence-electron chi connectivity index (χ0n) is 14.9. The van der Waals surface area contributed by atoms with Crippen molar-refractivity contribution < 1.29 is 0 Å². The van der Waals surface area contributed by atoms with Crippen molar-refractivity contribution in [2.75, 3.05) is 11.5 Å². The van der Waals surface area contributed by atoms with Gasteiger partial charge < -0.3 is 0 Å². The third-order valence-corrected chi connectivity index (χ3v) is 7.11. The molecule has 0 saturated heterocycles. The summed E-state index contributed by atoms with van der Waals surface area (Å²) < 4.78 is 0. The van der Waals surface area contributed by atoms with Gasteiger partial charge in [-0.05, 0) is 85.7 Å². The summed E-state index contributed by atoms with van der Waals surface area (Å²) in [6, 6.07) is 9.32. The SMILES string of the molecule is CCSc1cc(C)c(Sc2c(C)cc(SCC)cc2C)c(C)c1. The van der Waals surface area contributed by atoms with Gasteiger partial charge in [-0.25, -0.2) is 0 Å². The van der Waals surface area contributed by atoms with Gasteiger partial charge >= 0.3 is 0 Å². The smallest absolute Gasteiger partial charge is 0.0181 e. The monoisotopic (exact) mass is 362 g/mol. The first-order chi connectivity index (χ1) is 11.0. The van der Waals surface area contributed by atoms with E-state index in [2.05, 4.69) is 65.8 Å². The van der Waals surface area contributed by atoms with E-state index in [9.17, 15) is 0 Å². The number of benzene rings is 2. The molecule has 0 saturated carbocycles. The maximum absolute atomic E-state index is 2.33. The molecule has 0 spiro atoms. The van der Waals surface area contributed by atoms with E-state index in [1.807, 2.05) is 35.3 Å². The lowest BCUT2D eigenvalue weighted by atomic mass is 10.1. The Labute approximate surface area is 154 Å². The van der Waals surface area contributed by atoms with E-state index < -0.39 is 0 Å².